The number of alkyl halides is 3. The second-order valence-corrected chi connectivity index (χ2v) is 6.69. The highest BCUT2D eigenvalue weighted by Gasteiger charge is 2.42. The summed E-state index contributed by atoms with van der Waals surface area (Å²) in [5, 5.41) is 8.92. The predicted octanol–water partition coefficient (Wildman–Crippen LogP) is 4.45. The molecule has 1 aromatic carbocycles. The van der Waals surface area contributed by atoms with Crippen LogP contribution in [0.15, 0.2) is 29.1 Å². The van der Waals surface area contributed by atoms with Gasteiger partial charge in [0.25, 0.3) is 5.56 Å². The van der Waals surface area contributed by atoms with Crippen molar-refractivity contribution in [3.63, 3.8) is 0 Å². The molecule has 4 nitrogen and oxygen atoms in total. The largest absolute Gasteiger partial charge is 0.391 e. The number of hydrogen-bond donors (Lipinski definition) is 1. The fraction of sp³-hybridized carbons (Fsp3) is 0.421. The molecule has 26 heavy (non-hydrogen) atoms. The summed E-state index contributed by atoms with van der Waals surface area (Å²) >= 11 is 0. The second-order valence-electron chi connectivity index (χ2n) is 6.69. The molecular weight excluding hydrogens is 343 g/mol. The van der Waals surface area contributed by atoms with E-state index in [-0.39, 0.29) is 24.3 Å². The fourth-order valence-corrected chi connectivity index (χ4v) is 3.59. The zero-order chi connectivity index (χ0) is 18.9. The molecule has 2 aromatic rings. The van der Waals surface area contributed by atoms with Crippen LogP contribution in [0.1, 0.15) is 48.7 Å². The average Bonchev–Trinajstić information content (AvgIpc) is 2.61. The molecule has 1 fully saturated rings. The van der Waals surface area contributed by atoms with Gasteiger partial charge in [-0.15, -0.1) is 0 Å². The van der Waals surface area contributed by atoms with Crippen molar-refractivity contribution >= 4 is 0 Å². The van der Waals surface area contributed by atoms with Gasteiger partial charge in [-0.1, -0.05) is 12.1 Å². The van der Waals surface area contributed by atoms with Crippen molar-refractivity contribution in [2.45, 2.75) is 44.7 Å². The number of benzene rings is 1. The van der Waals surface area contributed by atoms with Gasteiger partial charge in [0.05, 0.1) is 28.8 Å². The summed E-state index contributed by atoms with van der Waals surface area (Å²) in [4.78, 5) is 19.7. The first kappa shape index (κ1) is 18.2. The van der Waals surface area contributed by atoms with E-state index in [9.17, 15) is 18.0 Å². The molecule has 0 aliphatic heterocycles. The Labute approximate surface area is 148 Å². The second kappa shape index (κ2) is 6.94. The third-order valence-corrected chi connectivity index (χ3v) is 4.95. The maximum absolute atomic E-state index is 12.9. The monoisotopic (exact) mass is 361 g/mol. The van der Waals surface area contributed by atoms with Gasteiger partial charge in [0.15, 0.2) is 0 Å². The van der Waals surface area contributed by atoms with Crippen molar-refractivity contribution in [2.75, 3.05) is 0 Å². The molecule has 1 saturated carbocycles. The maximum atomic E-state index is 12.9. The maximum Gasteiger partial charge on any atom is 0.391 e. The molecule has 0 saturated heterocycles. The SMILES string of the molecule is Cc1nc(C2CCC(C(F)(F)F)CC2)c(-c2ccc(C#N)cc2)c(=O)[nH]1. The Morgan fingerprint density at radius 2 is 1.77 bits per heavy atom. The minimum atomic E-state index is -4.17. The van der Waals surface area contributed by atoms with E-state index in [4.69, 9.17) is 5.26 Å². The third-order valence-electron chi connectivity index (χ3n) is 4.95. The van der Waals surface area contributed by atoms with Gasteiger partial charge in [0, 0.05) is 5.92 Å². The van der Waals surface area contributed by atoms with Crippen molar-refractivity contribution in [3.05, 3.63) is 51.7 Å². The Bertz CT molecular complexity index is 886. The number of nitrogens with one attached hydrogen (secondary N) is 1. The number of hydrogen-bond acceptors (Lipinski definition) is 3. The summed E-state index contributed by atoms with van der Waals surface area (Å²) in [6.45, 7) is 1.66. The van der Waals surface area contributed by atoms with Crippen LogP contribution >= 0.6 is 0 Å². The summed E-state index contributed by atoms with van der Waals surface area (Å²) in [6.07, 6.45) is -3.37. The van der Waals surface area contributed by atoms with Crippen molar-refractivity contribution in [3.8, 4) is 17.2 Å². The molecule has 7 heteroatoms. The molecule has 1 aliphatic carbocycles. The van der Waals surface area contributed by atoms with Gasteiger partial charge in [-0.3, -0.25) is 4.79 Å². The molecule has 0 radical (unpaired) electrons. The molecule has 0 spiro atoms. The lowest BCUT2D eigenvalue weighted by molar-refractivity contribution is -0.182. The predicted molar refractivity (Wildman–Crippen MR) is 90.5 cm³/mol. The summed E-state index contributed by atoms with van der Waals surface area (Å²) < 4.78 is 38.8. The van der Waals surface area contributed by atoms with E-state index in [1.54, 1.807) is 31.2 Å². The van der Waals surface area contributed by atoms with Crippen molar-refractivity contribution in [1.82, 2.24) is 9.97 Å². The van der Waals surface area contributed by atoms with E-state index in [0.717, 1.165) is 0 Å². The van der Waals surface area contributed by atoms with E-state index >= 15 is 0 Å². The summed E-state index contributed by atoms with van der Waals surface area (Å²) in [6, 6.07) is 8.58. The molecule has 136 valence electrons. The molecule has 0 amide bonds. The molecular formula is C19H18F3N3O. The topological polar surface area (TPSA) is 69.5 Å². The quantitative estimate of drug-likeness (QED) is 0.859. The van der Waals surface area contributed by atoms with Gasteiger partial charge in [-0.05, 0) is 50.3 Å². The average molecular weight is 361 g/mol. The Hall–Kier alpha value is -2.62. The van der Waals surface area contributed by atoms with Crippen LogP contribution in [0.3, 0.4) is 0 Å². The zero-order valence-electron chi connectivity index (χ0n) is 14.2. The van der Waals surface area contributed by atoms with Gasteiger partial charge >= 0.3 is 6.18 Å². The lowest BCUT2D eigenvalue weighted by Crippen LogP contribution is -2.28. The highest BCUT2D eigenvalue weighted by Crippen LogP contribution is 2.43. The lowest BCUT2D eigenvalue weighted by Gasteiger charge is -2.30. The van der Waals surface area contributed by atoms with Crippen LogP contribution in [0.4, 0.5) is 13.2 Å². The third kappa shape index (κ3) is 3.64. The van der Waals surface area contributed by atoms with Crippen molar-refractivity contribution in [2.24, 2.45) is 5.92 Å². The number of aromatic nitrogens is 2. The minimum absolute atomic E-state index is 0.0501. The molecule has 1 heterocycles. The molecule has 0 unspecified atom stereocenters. The lowest BCUT2D eigenvalue weighted by atomic mass is 9.78. The molecule has 1 N–H and O–H groups in total. The summed E-state index contributed by atoms with van der Waals surface area (Å²) in [5.74, 6) is -1.01. The van der Waals surface area contributed by atoms with Gasteiger partial charge < -0.3 is 4.98 Å². The summed E-state index contributed by atoms with van der Waals surface area (Å²) in [5.41, 5.74) is 1.71. The van der Waals surface area contributed by atoms with Crippen LogP contribution in [0.5, 0.6) is 0 Å². The van der Waals surface area contributed by atoms with Crippen LogP contribution in [0.2, 0.25) is 0 Å². The van der Waals surface area contributed by atoms with E-state index < -0.39 is 12.1 Å². The first-order valence-corrected chi connectivity index (χ1v) is 8.47. The Kier molecular flexibility index (Phi) is 4.86. The molecule has 3 rings (SSSR count). The first-order valence-electron chi connectivity index (χ1n) is 8.47. The number of aryl methyl sites for hydroxylation is 1. The van der Waals surface area contributed by atoms with Gasteiger partial charge in [-0.25, -0.2) is 4.98 Å². The van der Waals surface area contributed by atoms with E-state index in [1.165, 1.54) is 0 Å². The zero-order valence-corrected chi connectivity index (χ0v) is 14.2. The van der Waals surface area contributed by atoms with Crippen LogP contribution in [-0.4, -0.2) is 16.1 Å². The highest BCUT2D eigenvalue weighted by molar-refractivity contribution is 5.66. The van der Waals surface area contributed by atoms with Crippen LogP contribution in [0, 0.1) is 24.2 Å². The Morgan fingerprint density at radius 1 is 1.15 bits per heavy atom. The Balaban J connectivity index is 1.97. The number of halogens is 3. The summed E-state index contributed by atoms with van der Waals surface area (Å²) in [7, 11) is 0. The fourth-order valence-electron chi connectivity index (χ4n) is 3.59. The highest BCUT2D eigenvalue weighted by atomic mass is 19.4. The first-order chi connectivity index (χ1) is 12.3. The van der Waals surface area contributed by atoms with Crippen LogP contribution in [0.25, 0.3) is 11.1 Å². The normalized spacial score (nSPS) is 20.6. The molecule has 1 aliphatic rings. The van der Waals surface area contributed by atoms with Gasteiger partial charge in [0.2, 0.25) is 0 Å². The smallest absolute Gasteiger partial charge is 0.310 e. The molecule has 0 bridgehead atoms. The number of nitrogens with zero attached hydrogens (tertiary/aromatic N) is 2. The minimum Gasteiger partial charge on any atom is -0.310 e. The van der Waals surface area contributed by atoms with E-state index in [0.29, 0.717) is 41.1 Å². The molecule has 1 aromatic heterocycles. The van der Waals surface area contributed by atoms with Crippen LogP contribution in [-0.2, 0) is 0 Å². The van der Waals surface area contributed by atoms with Crippen molar-refractivity contribution < 1.29 is 13.2 Å². The number of H-pyrrole nitrogens is 1. The standard InChI is InChI=1S/C19H18F3N3O/c1-11-24-17(14-6-8-15(9-7-14)19(20,21)22)16(18(26)25-11)13-4-2-12(10-23)3-5-13/h2-5,14-15H,6-9H2,1H3,(H,24,25,26). The van der Waals surface area contributed by atoms with Crippen LogP contribution < -0.4 is 5.56 Å². The Morgan fingerprint density at radius 3 is 2.31 bits per heavy atom. The van der Waals surface area contributed by atoms with E-state index in [1.807, 2.05) is 6.07 Å². The molecule has 0 atom stereocenters. The number of nitriles is 1. The van der Waals surface area contributed by atoms with Gasteiger partial charge in [-0.2, -0.15) is 18.4 Å². The number of aromatic amines is 1. The van der Waals surface area contributed by atoms with E-state index in [2.05, 4.69) is 9.97 Å². The van der Waals surface area contributed by atoms with Gasteiger partial charge in [0.1, 0.15) is 5.82 Å². The number of rotatable bonds is 2. The van der Waals surface area contributed by atoms with Crippen molar-refractivity contribution in [1.29, 1.82) is 5.26 Å².